The van der Waals surface area contributed by atoms with Crippen molar-refractivity contribution < 1.29 is 27.1 Å². The fourth-order valence-electron chi connectivity index (χ4n) is 2.57. The topological polar surface area (TPSA) is 101 Å². The maximum Gasteiger partial charge on any atom is 0.404 e. The molecule has 0 radical (unpaired) electrons. The van der Waals surface area contributed by atoms with E-state index in [1.54, 1.807) is 0 Å². The molecular weight excluding hydrogens is 368 g/mol. The first kappa shape index (κ1) is 17.8. The summed E-state index contributed by atoms with van der Waals surface area (Å²) in [6.07, 6.45) is 1.71. The van der Waals surface area contributed by atoms with Crippen LogP contribution in [0.5, 0.6) is 0 Å². The quantitative estimate of drug-likeness (QED) is 0.707. The number of hydrogen-bond donors (Lipinski definition) is 2. The van der Waals surface area contributed by atoms with E-state index in [4.69, 9.17) is 5.11 Å². The summed E-state index contributed by atoms with van der Waals surface area (Å²) in [5.74, 6) is -2.09. The number of carbonyl (C=O) groups is 1. The highest BCUT2D eigenvalue weighted by atomic mass is 32.2. The number of aromatic nitrogens is 2. The molecule has 0 atom stereocenters. The highest BCUT2D eigenvalue weighted by Gasteiger charge is 2.25. The number of benzene rings is 1. The third kappa shape index (κ3) is 3.23. The van der Waals surface area contributed by atoms with Crippen molar-refractivity contribution in [1.82, 2.24) is 14.3 Å². The first-order valence-corrected chi connectivity index (χ1v) is 8.87. The minimum absolute atomic E-state index is 0.0516. The van der Waals surface area contributed by atoms with E-state index in [1.165, 1.54) is 24.5 Å². The van der Waals surface area contributed by atoms with Crippen LogP contribution in [0.4, 0.5) is 13.6 Å². The average Bonchev–Trinajstić information content (AvgIpc) is 2.94. The number of nitrogens with zero attached hydrogens (tertiary/aromatic N) is 2. The van der Waals surface area contributed by atoms with Gasteiger partial charge >= 0.3 is 6.09 Å². The van der Waals surface area contributed by atoms with Crippen molar-refractivity contribution in [2.24, 2.45) is 0 Å². The maximum atomic E-state index is 14.0. The molecule has 3 aromatic rings. The second-order valence-corrected chi connectivity index (χ2v) is 7.17. The lowest BCUT2D eigenvalue weighted by Gasteiger charge is -2.08. The van der Waals surface area contributed by atoms with Gasteiger partial charge in [0.05, 0.1) is 11.0 Å². The molecule has 0 aliphatic heterocycles. The molecule has 0 saturated carbocycles. The fourth-order valence-corrected chi connectivity index (χ4v) is 4.00. The first-order valence-electron chi connectivity index (χ1n) is 7.43. The molecule has 136 valence electrons. The van der Waals surface area contributed by atoms with E-state index < -0.39 is 32.6 Å². The molecule has 0 saturated heterocycles. The molecule has 2 heterocycles. The molecule has 3 rings (SSSR count). The summed E-state index contributed by atoms with van der Waals surface area (Å²) in [5, 5.41) is 10.8. The summed E-state index contributed by atoms with van der Waals surface area (Å²) in [5.41, 5.74) is 1.03. The molecule has 0 spiro atoms. The second-order valence-electron chi connectivity index (χ2n) is 5.38. The number of hydrogen-bond acceptors (Lipinski definition) is 4. The fraction of sp³-hybridized carbons (Fsp3) is 0.125. The minimum Gasteiger partial charge on any atom is -0.465 e. The van der Waals surface area contributed by atoms with Crippen LogP contribution >= 0.6 is 0 Å². The van der Waals surface area contributed by atoms with E-state index in [0.29, 0.717) is 17.1 Å². The van der Waals surface area contributed by atoms with Crippen LogP contribution in [0.3, 0.4) is 0 Å². The zero-order valence-corrected chi connectivity index (χ0v) is 14.0. The van der Waals surface area contributed by atoms with Crippen LogP contribution < -0.4 is 5.32 Å². The molecule has 0 unspecified atom stereocenters. The third-order valence-electron chi connectivity index (χ3n) is 3.70. The minimum atomic E-state index is -4.34. The second kappa shape index (κ2) is 6.71. The standard InChI is InChI=1S/C16H13F2N3O4S/c17-11-3-4-14(12(18)8-11)26(24,25)21-9-10(5-7-20-16(22)23)15-13(21)2-1-6-19-15/h1-4,6,8-9,20H,5,7H2,(H,22,23). The normalized spacial score (nSPS) is 11.6. The Labute approximate surface area is 147 Å². The van der Waals surface area contributed by atoms with Gasteiger partial charge in [0.25, 0.3) is 10.0 Å². The van der Waals surface area contributed by atoms with Crippen molar-refractivity contribution >= 4 is 27.1 Å². The van der Waals surface area contributed by atoms with Crippen LogP contribution in [0.25, 0.3) is 11.0 Å². The van der Waals surface area contributed by atoms with Gasteiger partial charge < -0.3 is 10.4 Å². The van der Waals surface area contributed by atoms with Gasteiger partial charge in [0.1, 0.15) is 16.5 Å². The van der Waals surface area contributed by atoms with Crippen LogP contribution in [0.15, 0.2) is 47.6 Å². The van der Waals surface area contributed by atoms with Crippen molar-refractivity contribution in [1.29, 1.82) is 0 Å². The number of fused-ring (bicyclic) bond motifs is 1. The molecule has 10 heteroatoms. The molecule has 0 aliphatic rings. The number of rotatable bonds is 5. The molecule has 1 amide bonds. The zero-order chi connectivity index (χ0) is 18.9. The van der Waals surface area contributed by atoms with E-state index in [0.717, 1.165) is 16.1 Å². The zero-order valence-electron chi connectivity index (χ0n) is 13.2. The lowest BCUT2D eigenvalue weighted by Crippen LogP contribution is -2.23. The largest absolute Gasteiger partial charge is 0.465 e. The molecule has 0 bridgehead atoms. The van der Waals surface area contributed by atoms with E-state index in [-0.39, 0.29) is 18.5 Å². The number of halogens is 2. The Morgan fingerprint density at radius 2 is 2.04 bits per heavy atom. The van der Waals surface area contributed by atoms with E-state index in [2.05, 4.69) is 10.3 Å². The van der Waals surface area contributed by atoms with Crippen molar-refractivity contribution in [3.05, 3.63) is 59.9 Å². The van der Waals surface area contributed by atoms with E-state index in [1.807, 2.05) is 0 Å². The summed E-state index contributed by atoms with van der Waals surface area (Å²) in [7, 11) is -4.34. The SMILES string of the molecule is O=C(O)NCCc1cn(S(=O)(=O)c2ccc(F)cc2F)c2cccnc12. The van der Waals surface area contributed by atoms with Gasteiger partial charge in [-0.15, -0.1) is 0 Å². The first-order chi connectivity index (χ1) is 12.3. The molecule has 26 heavy (non-hydrogen) atoms. The predicted octanol–water partition coefficient (Wildman–Crippen LogP) is 2.36. The van der Waals surface area contributed by atoms with Crippen LogP contribution in [-0.4, -0.2) is 35.1 Å². The number of amides is 1. The van der Waals surface area contributed by atoms with Crippen molar-refractivity contribution in [2.75, 3.05) is 6.54 Å². The van der Waals surface area contributed by atoms with Gasteiger partial charge in [-0.2, -0.15) is 0 Å². The van der Waals surface area contributed by atoms with Crippen molar-refractivity contribution in [2.45, 2.75) is 11.3 Å². The smallest absolute Gasteiger partial charge is 0.404 e. The number of pyridine rings is 1. The van der Waals surface area contributed by atoms with Gasteiger partial charge in [-0.1, -0.05) is 0 Å². The van der Waals surface area contributed by atoms with E-state index >= 15 is 0 Å². The van der Waals surface area contributed by atoms with Crippen LogP contribution in [0, 0.1) is 11.6 Å². The highest BCUT2D eigenvalue weighted by molar-refractivity contribution is 7.90. The maximum absolute atomic E-state index is 14.0. The summed E-state index contributed by atoms with van der Waals surface area (Å²) < 4.78 is 53.6. The monoisotopic (exact) mass is 381 g/mol. The third-order valence-corrected chi connectivity index (χ3v) is 5.41. The van der Waals surface area contributed by atoms with Gasteiger partial charge in [0.2, 0.25) is 0 Å². The van der Waals surface area contributed by atoms with Crippen LogP contribution in [0.2, 0.25) is 0 Å². The lowest BCUT2D eigenvalue weighted by molar-refractivity contribution is 0.194. The van der Waals surface area contributed by atoms with Crippen LogP contribution in [-0.2, 0) is 16.4 Å². The molecule has 7 nitrogen and oxygen atoms in total. The Morgan fingerprint density at radius 3 is 2.73 bits per heavy atom. The summed E-state index contributed by atoms with van der Waals surface area (Å²) >= 11 is 0. The van der Waals surface area contributed by atoms with Gasteiger partial charge in [-0.05, 0) is 36.2 Å². The van der Waals surface area contributed by atoms with Gasteiger partial charge in [0.15, 0.2) is 0 Å². The summed E-state index contributed by atoms with van der Waals surface area (Å²) in [4.78, 5) is 14.0. The van der Waals surface area contributed by atoms with Crippen LogP contribution in [0.1, 0.15) is 5.56 Å². The summed E-state index contributed by atoms with van der Waals surface area (Å²) in [6.45, 7) is 0.0516. The summed E-state index contributed by atoms with van der Waals surface area (Å²) in [6, 6.07) is 5.23. The molecule has 2 N–H and O–H groups in total. The highest BCUT2D eigenvalue weighted by Crippen LogP contribution is 2.26. The Bertz CT molecular complexity index is 1100. The molecule has 0 aliphatic carbocycles. The Balaban J connectivity index is 2.11. The van der Waals surface area contributed by atoms with Gasteiger partial charge in [-0.25, -0.2) is 26.0 Å². The molecule has 0 fully saturated rings. The lowest BCUT2D eigenvalue weighted by atomic mass is 10.2. The molecule has 1 aromatic carbocycles. The predicted molar refractivity (Wildman–Crippen MR) is 88.4 cm³/mol. The Kier molecular flexibility index (Phi) is 4.60. The number of nitrogens with one attached hydrogen (secondary N) is 1. The Morgan fingerprint density at radius 1 is 1.27 bits per heavy atom. The molecule has 2 aromatic heterocycles. The van der Waals surface area contributed by atoms with Gasteiger partial charge in [0, 0.05) is 25.0 Å². The molecular formula is C16H13F2N3O4S. The van der Waals surface area contributed by atoms with E-state index in [9.17, 15) is 22.0 Å². The number of carboxylic acid groups (broad SMARTS) is 1. The average molecular weight is 381 g/mol. The van der Waals surface area contributed by atoms with Gasteiger partial charge in [-0.3, -0.25) is 4.98 Å². The Hall–Kier alpha value is -3.01. The van der Waals surface area contributed by atoms with Crippen molar-refractivity contribution in [3.63, 3.8) is 0 Å². The van der Waals surface area contributed by atoms with Crippen molar-refractivity contribution in [3.8, 4) is 0 Å².